The van der Waals surface area contributed by atoms with Gasteiger partial charge in [0.05, 0.1) is 11.1 Å². The zero-order chi connectivity index (χ0) is 25.5. The Labute approximate surface area is 212 Å². The number of hydrogen-bond donors (Lipinski definition) is 2. The van der Waals surface area contributed by atoms with Crippen molar-refractivity contribution in [3.05, 3.63) is 95.3 Å². The van der Waals surface area contributed by atoms with E-state index in [0.717, 1.165) is 38.0 Å². The molecule has 0 atom stereocenters. The summed E-state index contributed by atoms with van der Waals surface area (Å²) >= 11 is 0. The average Bonchev–Trinajstić information content (AvgIpc) is 2.88. The molecule has 1 aliphatic rings. The molecular weight excluding hydrogens is 453 g/mol. The summed E-state index contributed by atoms with van der Waals surface area (Å²) in [5, 5.41) is 5.75. The maximum atomic E-state index is 14.1. The zero-order valence-electron chi connectivity index (χ0n) is 21.0. The molecule has 1 aliphatic heterocycles. The molecule has 0 radical (unpaired) electrons. The van der Waals surface area contributed by atoms with E-state index in [1.165, 1.54) is 17.7 Å². The fourth-order valence-corrected chi connectivity index (χ4v) is 4.63. The summed E-state index contributed by atoms with van der Waals surface area (Å²) in [6, 6.07) is 21.8. The predicted molar refractivity (Wildman–Crippen MR) is 143 cm³/mol. The van der Waals surface area contributed by atoms with E-state index >= 15 is 0 Å². The first-order chi connectivity index (χ1) is 17.4. The molecule has 36 heavy (non-hydrogen) atoms. The van der Waals surface area contributed by atoms with Gasteiger partial charge < -0.3 is 15.5 Å². The predicted octanol–water partition coefficient (Wildman–Crippen LogP) is 5.92. The highest BCUT2D eigenvalue weighted by Crippen LogP contribution is 2.30. The summed E-state index contributed by atoms with van der Waals surface area (Å²) in [5.74, 6) is -0.376. The standard InChI is InChI=1S/C30H34FN3O2/c1-21(2)20-32-29(35)26-19-24(33-30(36)25-10-6-7-11-27(25)31)12-13-28(26)34-16-14-23(15-17-34)18-22-8-4-3-5-9-22/h3-13,19,21,23H,14-18,20H2,1-2H3,(H,32,35)(H,33,36). The summed E-state index contributed by atoms with van der Waals surface area (Å²) in [5.41, 5.74) is 3.16. The highest BCUT2D eigenvalue weighted by Gasteiger charge is 2.24. The first-order valence-corrected chi connectivity index (χ1v) is 12.7. The number of benzene rings is 3. The number of nitrogens with one attached hydrogen (secondary N) is 2. The van der Waals surface area contributed by atoms with Crippen LogP contribution in [-0.4, -0.2) is 31.4 Å². The van der Waals surface area contributed by atoms with Gasteiger partial charge in [0.1, 0.15) is 5.82 Å². The normalized spacial score (nSPS) is 14.1. The Balaban J connectivity index is 1.51. The third-order valence-corrected chi connectivity index (χ3v) is 6.61. The molecule has 0 aliphatic carbocycles. The smallest absolute Gasteiger partial charge is 0.258 e. The lowest BCUT2D eigenvalue weighted by Crippen LogP contribution is -2.36. The van der Waals surface area contributed by atoms with Gasteiger partial charge in [0.2, 0.25) is 0 Å². The third kappa shape index (κ3) is 6.51. The van der Waals surface area contributed by atoms with Crippen molar-refractivity contribution in [2.24, 2.45) is 11.8 Å². The van der Waals surface area contributed by atoms with E-state index in [2.05, 4.69) is 39.8 Å². The molecule has 4 rings (SSSR count). The number of anilines is 2. The lowest BCUT2D eigenvalue weighted by atomic mass is 9.89. The molecule has 0 spiro atoms. The molecule has 2 N–H and O–H groups in total. The molecule has 5 nitrogen and oxygen atoms in total. The van der Waals surface area contributed by atoms with Crippen molar-refractivity contribution in [2.75, 3.05) is 29.9 Å². The van der Waals surface area contributed by atoms with Crippen molar-refractivity contribution >= 4 is 23.2 Å². The van der Waals surface area contributed by atoms with Crippen LogP contribution in [0.5, 0.6) is 0 Å². The Morgan fingerprint density at radius 3 is 2.31 bits per heavy atom. The molecule has 1 saturated heterocycles. The van der Waals surface area contributed by atoms with Gasteiger partial charge in [-0.05, 0) is 67.0 Å². The minimum atomic E-state index is -0.583. The Bertz CT molecular complexity index is 1190. The number of halogens is 1. The second kappa shape index (κ2) is 11.8. The lowest BCUT2D eigenvalue weighted by Gasteiger charge is -2.35. The molecule has 188 valence electrons. The van der Waals surface area contributed by atoms with Crippen molar-refractivity contribution in [2.45, 2.75) is 33.1 Å². The van der Waals surface area contributed by atoms with E-state index in [4.69, 9.17) is 0 Å². The molecule has 1 heterocycles. The highest BCUT2D eigenvalue weighted by atomic mass is 19.1. The van der Waals surface area contributed by atoms with Crippen LogP contribution in [0.25, 0.3) is 0 Å². The van der Waals surface area contributed by atoms with Gasteiger partial charge in [0, 0.05) is 31.0 Å². The van der Waals surface area contributed by atoms with Crippen LogP contribution in [0.15, 0.2) is 72.8 Å². The van der Waals surface area contributed by atoms with E-state index in [9.17, 15) is 14.0 Å². The molecule has 6 heteroatoms. The van der Waals surface area contributed by atoms with E-state index in [1.54, 1.807) is 24.3 Å². The van der Waals surface area contributed by atoms with Crippen LogP contribution in [0.2, 0.25) is 0 Å². The van der Waals surface area contributed by atoms with E-state index in [-0.39, 0.29) is 11.5 Å². The average molecular weight is 488 g/mol. The van der Waals surface area contributed by atoms with Gasteiger partial charge in [-0.3, -0.25) is 9.59 Å². The first-order valence-electron chi connectivity index (χ1n) is 12.7. The van der Waals surface area contributed by atoms with Crippen molar-refractivity contribution in [1.29, 1.82) is 0 Å². The van der Waals surface area contributed by atoms with Gasteiger partial charge in [0.15, 0.2) is 0 Å². The van der Waals surface area contributed by atoms with E-state index < -0.39 is 11.7 Å². The van der Waals surface area contributed by atoms with Gasteiger partial charge in [-0.2, -0.15) is 0 Å². The molecule has 0 saturated carbocycles. The van der Waals surface area contributed by atoms with Gasteiger partial charge in [-0.25, -0.2) is 4.39 Å². The largest absolute Gasteiger partial charge is 0.371 e. The summed E-state index contributed by atoms with van der Waals surface area (Å²) in [6.07, 6.45) is 3.17. The Morgan fingerprint density at radius 2 is 1.61 bits per heavy atom. The minimum absolute atomic E-state index is 0.0344. The van der Waals surface area contributed by atoms with Gasteiger partial charge >= 0.3 is 0 Å². The van der Waals surface area contributed by atoms with Crippen LogP contribution >= 0.6 is 0 Å². The van der Waals surface area contributed by atoms with Crippen LogP contribution in [0.3, 0.4) is 0 Å². The molecule has 3 aromatic carbocycles. The second-order valence-corrected chi connectivity index (χ2v) is 9.89. The number of carbonyl (C=O) groups is 2. The lowest BCUT2D eigenvalue weighted by molar-refractivity contribution is 0.0948. The summed E-state index contributed by atoms with van der Waals surface area (Å²) in [7, 11) is 0. The van der Waals surface area contributed by atoms with Crippen LogP contribution in [-0.2, 0) is 6.42 Å². The Morgan fingerprint density at radius 1 is 0.917 bits per heavy atom. The van der Waals surface area contributed by atoms with Crippen molar-refractivity contribution in [1.82, 2.24) is 5.32 Å². The quantitative estimate of drug-likeness (QED) is 0.414. The number of carbonyl (C=O) groups excluding carboxylic acids is 2. The van der Waals surface area contributed by atoms with Crippen LogP contribution in [0.1, 0.15) is 53.0 Å². The van der Waals surface area contributed by atoms with E-state index in [1.807, 2.05) is 26.0 Å². The van der Waals surface area contributed by atoms with Crippen LogP contribution < -0.4 is 15.5 Å². The molecule has 1 fully saturated rings. The Kier molecular flexibility index (Phi) is 8.36. The molecular formula is C30H34FN3O2. The summed E-state index contributed by atoms with van der Waals surface area (Å²) in [4.78, 5) is 28.1. The monoisotopic (exact) mass is 487 g/mol. The fourth-order valence-electron chi connectivity index (χ4n) is 4.63. The number of piperidine rings is 1. The van der Waals surface area contributed by atoms with Crippen LogP contribution in [0, 0.1) is 17.7 Å². The summed E-state index contributed by atoms with van der Waals surface area (Å²) in [6.45, 7) is 6.38. The second-order valence-electron chi connectivity index (χ2n) is 9.89. The minimum Gasteiger partial charge on any atom is -0.371 e. The number of hydrogen-bond acceptors (Lipinski definition) is 3. The van der Waals surface area contributed by atoms with Crippen molar-refractivity contribution in [3.8, 4) is 0 Å². The van der Waals surface area contributed by atoms with Crippen LogP contribution in [0.4, 0.5) is 15.8 Å². The fraction of sp³-hybridized carbons (Fsp3) is 0.333. The molecule has 0 unspecified atom stereocenters. The Hall–Kier alpha value is -3.67. The highest BCUT2D eigenvalue weighted by molar-refractivity contribution is 6.06. The van der Waals surface area contributed by atoms with Crippen molar-refractivity contribution in [3.63, 3.8) is 0 Å². The number of amides is 2. The van der Waals surface area contributed by atoms with E-state index in [0.29, 0.717) is 29.6 Å². The summed E-state index contributed by atoms with van der Waals surface area (Å²) < 4.78 is 14.1. The molecule has 0 aromatic heterocycles. The van der Waals surface area contributed by atoms with Gasteiger partial charge in [0.25, 0.3) is 11.8 Å². The zero-order valence-corrected chi connectivity index (χ0v) is 21.0. The number of rotatable bonds is 8. The third-order valence-electron chi connectivity index (χ3n) is 6.61. The maximum Gasteiger partial charge on any atom is 0.258 e. The molecule has 3 aromatic rings. The van der Waals surface area contributed by atoms with Crippen molar-refractivity contribution < 1.29 is 14.0 Å². The van der Waals surface area contributed by atoms with Gasteiger partial charge in [-0.15, -0.1) is 0 Å². The van der Waals surface area contributed by atoms with Gasteiger partial charge in [-0.1, -0.05) is 56.3 Å². The topological polar surface area (TPSA) is 61.4 Å². The maximum absolute atomic E-state index is 14.1. The molecule has 0 bridgehead atoms. The first kappa shape index (κ1) is 25.4. The number of nitrogens with zero attached hydrogens (tertiary/aromatic N) is 1. The SMILES string of the molecule is CC(C)CNC(=O)c1cc(NC(=O)c2ccccc2F)ccc1N1CCC(Cc2ccccc2)CC1. The molecule has 2 amide bonds.